The van der Waals surface area contributed by atoms with Crippen LogP contribution in [0.25, 0.3) is 0 Å². The number of hydrogen-bond donors (Lipinski definition) is 0. The summed E-state index contributed by atoms with van der Waals surface area (Å²) in [5, 5.41) is 0. The Balaban J connectivity index is 3.78. The lowest BCUT2D eigenvalue weighted by molar-refractivity contribution is -0.140. The highest BCUT2D eigenvalue weighted by Crippen LogP contribution is 1.98. The summed E-state index contributed by atoms with van der Waals surface area (Å²) in [7, 11) is 0. The Labute approximate surface area is 141 Å². The monoisotopic (exact) mass is 338 g/mol. The fourth-order valence-corrected chi connectivity index (χ4v) is 1.28. The highest BCUT2D eigenvalue weighted by molar-refractivity contribution is 5.88. The van der Waals surface area contributed by atoms with Gasteiger partial charge < -0.3 is 18.9 Å². The molecule has 0 bridgehead atoms. The molecule has 0 aliphatic heterocycles. The lowest BCUT2D eigenvalue weighted by atomic mass is 10.3. The summed E-state index contributed by atoms with van der Waals surface area (Å²) in [4.78, 5) is 34.0. The Hall–Kier alpha value is -2.83. The van der Waals surface area contributed by atoms with Crippen molar-refractivity contribution >= 4 is 18.1 Å². The summed E-state index contributed by atoms with van der Waals surface area (Å²) < 4.78 is 19.0. The van der Waals surface area contributed by atoms with Crippen LogP contribution in [0, 0.1) is 0 Å². The van der Waals surface area contributed by atoms with E-state index in [0.29, 0.717) is 11.1 Å². The van der Waals surface area contributed by atoms with Crippen LogP contribution in [0.4, 0.5) is 4.79 Å². The van der Waals surface area contributed by atoms with Crippen LogP contribution in [-0.2, 0) is 28.5 Å². The van der Waals surface area contributed by atoms with Crippen molar-refractivity contribution in [3.8, 4) is 0 Å². The van der Waals surface area contributed by atoms with Crippen molar-refractivity contribution in [1.29, 1.82) is 0 Å². The van der Waals surface area contributed by atoms with Crippen LogP contribution in [0.3, 0.4) is 0 Å². The molecule has 0 aliphatic rings. The van der Waals surface area contributed by atoms with E-state index in [1.54, 1.807) is 13.8 Å². The summed E-state index contributed by atoms with van der Waals surface area (Å²) in [5.41, 5.74) is 0.769. The molecule has 132 valence electrons. The van der Waals surface area contributed by atoms with Gasteiger partial charge in [0.25, 0.3) is 0 Å². The van der Waals surface area contributed by atoms with Gasteiger partial charge in [-0.05, 0) is 13.8 Å². The van der Waals surface area contributed by atoms with Gasteiger partial charge in [0.1, 0.15) is 26.4 Å². The quantitative estimate of drug-likeness (QED) is 0.199. The van der Waals surface area contributed by atoms with Gasteiger partial charge in [-0.2, -0.15) is 0 Å². The topological polar surface area (TPSA) is 88.1 Å². The third-order valence-electron chi connectivity index (χ3n) is 2.45. The largest absolute Gasteiger partial charge is 0.508 e. The van der Waals surface area contributed by atoms with Crippen molar-refractivity contribution in [2.24, 2.45) is 0 Å². The number of carbonyl (C=O) groups is 3. The minimum atomic E-state index is -0.946. The van der Waals surface area contributed by atoms with E-state index in [2.05, 4.69) is 22.6 Å². The average Bonchev–Trinajstić information content (AvgIpc) is 2.55. The Bertz CT molecular complexity index is 483. The zero-order chi connectivity index (χ0) is 18.4. The number of allylic oxidation sites excluding steroid dienone is 4. The summed E-state index contributed by atoms with van der Waals surface area (Å²) >= 11 is 0. The first-order valence-electron chi connectivity index (χ1n) is 7.14. The fraction of sp³-hybridized carbons (Fsp3) is 0.353. The molecule has 0 saturated carbocycles. The van der Waals surface area contributed by atoms with Crippen molar-refractivity contribution < 1.29 is 33.3 Å². The van der Waals surface area contributed by atoms with Crippen LogP contribution in [-0.4, -0.2) is 44.5 Å². The Morgan fingerprint density at radius 1 is 0.708 bits per heavy atom. The summed E-state index contributed by atoms with van der Waals surface area (Å²) in [6, 6.07) is 0. The maximum Gasteiger partial charge on any atom is 0.508 e. The maximum absolute atomic E-state index is 11.4. The predicted octanol–water partition coefficient (Wildman–Crippen LogP) is 2.49. The highest BCUT2D eigenvalue weighted by Gasteiger charge is 2.08. The van der Waals surface area contributed by atoms with Gasteiger partial charge in [-0.15, -0.1) is 0 Å². The van der Waals surface area contributed by atoms with Crippen LogP contribution in [0.15, 0.2) is 48.6 Å². The normalized spacial score (nSPS) is 11.2. The molecule has 0 heterocycles. The SMILES string of the molecule is C=CC=C(C)C(=O)OCCOC(=O)OCCOC(=O)C(C)=CC=C. The van der Waals surface area contributed by atoms with Gasteiger partial charge in [0.2, 0.25) is 0 Å². The highest BCUT2D eigenvalue weighted by atomic mass is 16.7. The number of esters is 2. The van der Waals surface area contributed by atoms with Crippen LogP contribution in [0.5, 0.6) is 0 Å². The molecule has 0 amide bonds. The smallest absolute Gasteiger partial charge is 0.459 e. The maximum atomic E-state index is 11.4. The number of hydrogen-bond acceptors (Lipinski definition) is 7. The second kappa shape index (κ2) is 12.7. The van der Waals surface area contributed by atoms with E-state index >= 15 is 0 Å². The van der Waals surface area contributed by atoms with Gasteiger partial charge in [-0.1, -0.05) is 37.5 Å². The molecular formula is C17H22O7. The Morgan fingerprint density at radius 2 is 1.04 bits per heavy atom. The van der Waals surface area contributed by atoms with Crippen molar-refractivity contribution in [2.75, 3.05) is 26.4 Å². The first kappa shape index (κ1) is 21.2. The molecule has 0 radical (unpaired) electrons. The van der Waals surface area contributed by atoms with Crippen molar-refractivity contribution in [3.63, 3.8) is 0 Å². The molecule has 0 spiro atoms. The van der Waals surface area contributed by atoms with Crippen LogP contribution < -0.4 is 0 Å². The van der Waals surface area contributed by atoms with E-state index < -0.39 is 18.1 Å². The molecule has 0 N–H and O–H groups in total. The molecule has 0 atom stereocenters. The van der Waals surface area contributed by atoms with Gasteiger partial charge >= 0.3 is 18.1 Å². The molecule has 0 aromatic carbocycles. The lowest BCUT2D eigenvalue weighted by Gasteiger charge is -2.08. The molecule has 7 nitrogen and oxygen atoms in total. The molecule has 0 aromatic rings. The van der Waals surface area contributed by atoms with E-state index in [0.717, 1.165) is 0 Å². The summed E-state index contributed by atoms with van der Waals surface area (Å²) in [6.45, 7) is 9.58. The summed E-state index contributed by atoms with van der Waals surface area (Å²) in [5.74, 6) is -1.05. The molecule has 0 unspecified atom stereocenters. The number of ether oxygens (including phenoxy) is 4. The zero-order valence-corrected chi connectivity index (χ0v) is 13.9. The molecule has 0 fully saturated rings. The molecule has 24 heavy (non-hydrogen) atoms. The van der Waals surface area contributed by atoms with Gasteiger partial charge in [0.15, 0.2) is 0 Å². The van der Waals surface area contributed by atoms with E-state index in [-0.39, 0.29) is 26.4 Å². The molecule has 0 rings (SSSR count). The van der Waals surface area contributed by atoms with Gasteiger partial charge in [0.05, 0.1) is 0 Å². The Morgan fingerprint density at radius 3 is 1.38 bits per heavy atom. The van der Waals surface area contributed by atoms with E-state index in [9.17, 15) is 14.4 Å². The van der Waals surface area contributed by atoms with Crippen molar-refractivity contribution in [2.45, 2.75) is 13.8 Å². The van der Waals surface area contributed by atoms with E-state index in [1.165, 1.54) is 24.3 Å². The minimum absolute atomic E-state index is 0.100. The van der Waals surface area contributed by atoms with Crippen LogP contribution >= 0.6 is 0 Å². The third-order valence-corrected chi connectivity index (χ3v) is 2.45. The third kappa shape index (κ3) is 9.99. The first-order chi connectivity index (χ1) is 11.4. The van der Waals surface area contributed by atoms with Gasteiger partial charge in [-0.25, -0.2) is 14.4 Å². The molecule has 0 aromatic heterocycles. The predicted molar refractivity (Wildman–Crippen MR) is 87.1 cm³/mol. The second-order valence-electron chi connectivity index (χ2n) is 4.39. The second-order valence-corrected chi connectivity index (χ2v) is 4.39. The average molecular weight is 338 g/mol. The van der Waals surface area contributed by atoms with Crippen LogP contribution in [0.1, 0.15) is 13.8 Å². The van der Waals surface area contributed by atoms with Crippen molar-refractivity contribution in [3.05, 3.63) is 48.6 Å². The first-order valence-corrected chi connectivity index (χ1v) is 7.14. The lowest BCUT2D eigenvalue weighted by Crippen LogP contribution is -2.18. The standard InChI is InChI=1S/C17H22O7/c1-5-7-13(3)15(18)21-9-11-23-17(20)24-12-10-22-16(19)14(4)8-6-2/h5-8H,1-2,9-12H2,3-4H3. The van der Waals surface area contributed by atoms with E-state index in [4.69, 9.17) is 9.47 Å². The minimum Gasteiger partial charge on any atom is -0.459 e. The van der Waals surface area contributed by atoms with Crippen LogP contribution in [0.2, 0.25) is 0 Å². The zero-order valence-electron chi connectivity index (χ0n) is 13.9. The van der Waals surface area contributed by atoms with Gasteiger partial charge in [0, 0.05) is 11.1 Å². The van der Waals surface area contributed by atoms with E-state index in [1.807, 2.05) is 0 Å². The molecule has 7 heteroatoms. The number of carbonyl (C=O) groups excluding carboxylic acids is 3. The molecule has 0 aliphatic carbocycles. The number of rotatable bonds is 10. The fourth-order valence-electron chi connectivity index (χ4n) is 1.28. The van der Waals surface area contributed by atoms with Crippen molar-refractivity contribution in [1.82, 2.24) is 0 Å². The Kier molecular flexibility index (Phi) is 11.2. The summed E-state index contributed by atoms with van der Waals surface area (Å²) in [6.07, 6.45) is 4.99. The molecular weight excluding hydrogens is 316 g/mol. The van der Waals surface area contributed by atoms with Gasteiger partial charge in [-0.3, -0.25) is 0 Å². The molecule has 0 saturated heterocycles.